The van der Waals surface area contributed by atoms with Crippen molar-refractivity contribution in [1.82, 2.24) is 0 Å². The van der Waals surface area contributed by atoms with Crippen molar-refractivity contribution in [1.29, 1.82) is 0 Å². The summed E-state index contributed by atoms with van der Waals surface area (Å²) < 4.78 is 0. The predicted octanol–water partition coefficient (Wildman–Crippen LogP) is 3.35. The topological polar surface area (TPSA) is 0 Å². The Bertz CT molecular complexity index is 47.9. The molecule has 0 atom stereocenters. The van der Waals surface area contributed by atoms with Crippen LogP contribution in [0.2, 0.25) is 0 Å². The molecule has 0 unspecified atom stereocenters. The van der Waals surface area contributed by atoms with Gasteiger partial charge in [0.1, 0.15) is 0 Å². The minimum Gasteiger partial charge on any atom is -0.338 e. The Morgan fingerprint density at radius 2 is 0.636 bits per heavy atom. The Morgan fingerprint density at radius 1 is 0.636 bits per heavy atom. The summed E-state index contributed by atoms with van der Waals surface area (Å²) in [6.45, 7) is 20.0. The maximum atomic E-state index is 3.77. The molecule has 11 heavy (non-hydrogen) atoms. The molecule has 0 N–H and O–H groups in total. The molecule has 0 aliphatic rings. The minimum absolute atomic E-state index is 0. The SMILES string of the molecule is [CH2-]C(C)(C)C.[CH2-]C(C)(C)C.[Mg+2]. The summed E-state index contributed by atoms with van der Waals surface area (Å²) in [4.78, 5) is 0. The van der Waals surface area contributed by atoms with Crippen LogP contribution >= 0.6 is 0 Å². The van der Waals surface area contributed by atoms with E-state index in [1.165, 1.54) is 0 Å². The van der Waals surface area contributed by atoms with Gasteiger partial charge in [0.2, 0.25) is 0 Å². The standard InChI is InChI=1S/2C5H11.Mg/c2*1-5(2,3)4;/h2*1H2,2-4H3;/q2*-1;+2. The molecule has 0 saturated heterocycles. The van der Waals surface area contributed by atoms with E-state index in [9.17, 15) is 0 Å². The third-order valence-electron chi connectivity index (χ3n) is 0. The normalized spacial score (nSPS) is 10.9. The van der Waals surface area contributed by atoms with E-state index in [4.69, 9.17) is 0 Å². The van der Waals surface area contributed by atoms with E-state index in [1.54, 1.807) is 0 Å². The third kappa shape index (κ3) is 1410. The van der Waals surface area contributed by atoms with Crippen molar-refractivity contribution in [2.45, 2.75) is 41.5 Å². The van der Waals surface area contributed by atoms with E-state index in [1.807, 2.05) is 0 Å². The van der Waals surface area contributed by atoms with Gasteiger partial charge in [-0.3, -0.25) is 0 Å². The fourth-order valence-electron chi connectivity index (χ4n) is 0. The van der Waals surface area contributed by atoms with Crippen LogP contribution in [0.5, 0.6) is 0 Å². The van der Waals surface area contributed by atoms with Gasteiger partial charge in [-0.2, -0.15) is 10.8 Å². The molecule has 0 radical (unpaired) electrons. The van der Waals surface area contributed by atoms with Crippen LogP contribution in [0.4, 0.5) is 0 Å². The molecular weight excluding hydrogens is 144 g/mol. The Balaban J connectivity index is -0.000000107. The average molecular weight is 167 g/mol. The first-order valence-corrected chi connectivity index (χ1v) is 3.71. The molecule has 64 valence electrons. The second-order valence-electron chi connectivity index (χ2n) is 5.12. The Morgan fingerprint density at radius 3 is 0.636 bits per heavy atom. The summed E-state index contributed by atoms with van der Waals surface area (Å²) in [6.07, 6.45) is 0. The molecule has 0 aromatic carbocycles. The van der Waals surface area contributed by atoms with E-state index in [2.05, 4.69) is 55.4 Å². The van der Waals surface area contributed by atoms with Gasteiger partial charge in [-0.15, -0.1) is 0 Å². The molecule has 0 nitrogen and oxygen atoms in total. The Labute approximate surface area is 89.3 Å². The molecule has 0 bridgehead atoms. The molecule has 0 rings (SSSR count). The summed E-state index contributed by atoms with van der Waals surface area (Å²) in [7, 11) is 0. The largest absolute Gasteiger partial charge is 2.00 e. The maximum absolute atomic E-state index is 3.77. The first kappa shape index (κ1) is 17.7. The van der Waals surface area contributed by atoms with Crippen molar-refractivity contribution < 1.29 is 0 Å². The molecule has 0 amide bonds. The van der Waals surface area contributed by atoms with E-state index < -0.39 is 0 Å². The summed E-state index contributed by atoms with van der Waals surface area (Å²) >= 11 is 0. The van der Waals surface area contributed by atoms with Crippen molar-refractivity contribution in [2.24, 2.45) is 10.8 Å². The van der Waals surface area contributed by atoms with Crippen LogP contribution in [0.25, 0.3) is 0 Å². The van der Waals surface area contributed by atoms with Crippen LogP contribution in [-0.2, 0) is 0 Å². The first-order valence-electron chi connectivity index (χ1n) is 3.71. The van der Waals surface area contributed by atoms with Gasteiger partial charge in [0, 0.05) is 0 Å². The number of rotatable bonds is 0. The van der Waals surface area contributed by atoms with Crippen molar-refractivity contribution in [3.8, 4) is 0 Å². The number of hydrogen-bond donors (Lipinski definition) is 0. The van der Waals surface area contributed by atoms with E-state index in [0.717, 1.165) is 0 Å². The van der Waals surface area contributed by atoms with Crippen molar-refractivity contribution >= 4 is 23.1 Å². The van der Waals surface area contributed by atoms with E-state index in [0.29, 0.717) is 0 Å². The zero-order valence-electron chi connectivity index (χ0n) is 9.12. The van der Waals surface area contributed by atoms with E-state index >= 15 is 0 Å². The van der Waals surface area contributed by atoms with Crippen molar-refractivity contribution in [3.05, 3.63) is 13.8 Å². The van der Waals surface area contributed by atoms with Crippen molar-refractivity contribution in [3.63, 3.8) is 0 Å². The molecule has 0 heterocycles. The summed E-state index contributed by atoms with van der Waals surface area (Å²) in [5.41, 5.74) is 0.500. The second-order valence-corrected chi connectivity index (χ2v) is 5.12. The average Bonchev–Trinajstić information content (AvgIpc) is 1.12. The molecule has 0 aliphatic carbocycles. The van der Waals surface area contributed by atoms with Crippen LogP contribution in [0.3, 0.4) is 0 Å². The van der Waals surface area contributed by atoms with Gasteiger partial charge >= 0.3 is 23.1 Å². The van der Waals surface area contributed by atoms with Gasteiger partial charge in [0.25, 0.3) is 0 Å². The Kier molecular flexibility index (Phi) is 10.2. The molecule has 0 aromatic rings. The van der Waals surface area contributed by atoms with Crippen LogP contribution in [0.1, 0.15) is 41.5 Å². The van der Waals surface area contributed by atoms with Gasteiger partial charge in [0.05, 0.1) is 0 Å². The summed E-state index contributed by atoms with van der Waals surface area (Å²) in [5, 5.41) is 0. The fourth-order valence-corrected chi connectivity index (χ4v) is 0. The molecule has 0 spiro atoms. The smallest absolute Gasteiger partial charge is 0.338 e. The van der Waals surface area contributed by atoms with Crippen LogP contribution in [0.15, 0.2) is 0 Å². The summed E-state index contributed by atoms with van der Waals surface area (Å²) in [5.74, 6) is 0. The monoisotopic (exact) mass is 166 g/mol. The molecule has 0 fully saturated rings. The number of hydrogen-bond acceptors (Lipinski definition) is 0. The van der Waals surface area contributed by atoms with Gasteiger partial charge < -0.3 is 13.8 Å². The van der Waals surface area contributed by atoms with Crippen LogP contribution < -0.4 is 0 Å². The zero-order chi connectivity index (χ0) is 9.00. The van der Waals surface area contributed by atoms with Gasteiger partial charge in [0.15, 0.2) is 0 Å². The van der Waals surface area contributed by atoms with E-state index in [-0.39, 0.29) is 33.9 Å². The maximum Gasteiger partial charge on any atom is 2.00 e. The summed E-state index contributed by atoms with van der Waals surface area (Å²) in [6, 6.07) is 0. The first-order chi connectivity index (χ1) is 4.00. The molecule has 0 aromatic heterocycles. The van der Waals surface area contributed by atoms with Crippen LogP contribution in [0, 0.1) is 24.7 Å². The fraction of sp³-hybridized carbons (Fsp3) is 0.800. The molecular formula is C10H22Mg. The third-order valence-corrected chi connectivity index (χ3v) is 0. The second kappa shape index (κ2) is 6.30. The Hall–Kier alpha value is 0.766. The van der Waals surface area contributed by atoms with Gasteiger partial charge in [-0.1, -0.05) is 41.5 Å². The van der Waals surface area contributed by atoms with Crippen LogP contribution in [-0.4, -0.2) is 23.1 Å². The quantitative estimate of drug-likeness (QED) is 0.383. The van der Waals surface area contributed by atoms with Crippen molar-refractivity contribution in [2.75, 3.05) is 0 Å². The molecule has 0 aliphatic heterocycles. The zero-order valence-corrected chi connectivity index (χ0v) is 10.5. The van der Waals surface area contributed by atoms with Gasteiger partial charge in [-0.05, 0) is 0 Å². The van der Waals surface area contributed by atoms with Gasteiger partial charge in [-0.25, -0.2) is 0 Å². The molecule has 0 saturated carbocycles. The molecule has 1 heteroatoms. The minimum atomic E-state index is 0. The predicted molar refractivity (Wildman–Crippen MR) is 55.4 cm³/mol.